The van der Waals surface area contributed by atoms with Crippen molar-refractivity contribution in [3.63, 3.8) is 0 Å². The van der Waals surface area contributed by atoms with Gasteiger partial charge in [-0.05, 0) is 32.0 Å². The minimum absolute atomic E-state index is 0.0572. The van der Waals surface area contributed by atoms with Crippen molar-refractivity contribution in [2.24, 2.45) is 0 Å². The second-order valence-electron chi connectivity index (χ2n) is 3.79. The Morgan fingerprint density at radius 1 is 1.47 bits per heavy atom. The molecule has 1 atom stereocenters. The van der Waals surface area contributed by atoms with Crippen LogP contribution in [0.4, 0.5) is 10.1 Å². The number of halogens is 2. The summed E-state index contributed by atoms with van der Waals surface area (Å²) >= 11 is 7.58. The van der Waals surface area contributed by atoms with Crippen LogP contribution in [0.2, 0.25) is 5.02 Å². The van der Waals surface area contributed by atoms with Crippen LogP contribution in [0.3, 0.4) is 0 Å². The van der Waals surface area contributed by atoms with E-state index in [9.17, 15) is 4.39 Å². The Kier molecular flexibility index (Phi) is 3.64. The van der Waals surface area contributed by atoms with Crippen LogP contribution in [0.1, 0.15) is 23.5 Å². The monoisotopic (exact) mass is 270 g/mol. The van der Waals surface area contributed by atoms with E-state index in [0.717, 1.165) is 10.6 Å². The quantitative estimate of drug-likeness (QED) is 0.893. The Morgan fingerprint density at radius 3 is 2.88 bits per heavy atom. The molecule has 90 valence electrons. The van der Waals surface area contributed by atoms with Gasteiger partial charge in [-0.2, -0.15) is 0 Å². The topological polar surface area (TPSA) is 24.9 Å². The highest BCUT2D eigenvalue weighted by Crippen LogP contribution is 2.29. The number of hydrogen-bond donors (Lipinski definition) is 1. The third-order valence-electron chi connectivity index (χ3n) is 2.48. The molecule has 2 aromatic rings. The third-order valence-corrected chi connectivity index (χ3v) is 3.92. The average molecular weight is 271 g/mol. The zero-order valence-electron chi connectivity index (χ0n) is 9.50. The van der Waals surface area contributed by atoms with E-state index < -0.39 is 0 Å². The summed E-state index contributed by atoms with van der Waals surface area (Å²) in [5.41, 5.74) is 3.39. The number of nitrogens with one attached hydrogen (secondary N) is 1. The van der Waals surface area contributed by atoms with Crippen molar-refractivity contribution in [1.82, 2.24) is 4.98 Å². The molecule has 0 aliphatic rings. The molecule has 2 nitrogen and oxygen atoms in total. The summed E-state index contributed by atoms with van der Waals surface area (Å²) in [7, 11) is 0. The van der Waals surface area contributed by atoms with Crippen molar-refractivity contribution >= 4 is 28.6 Å². The summed E-state index contributed by atoms with van der Waals surface area (Å²) in [6, 6.07) is 4.35. The second-order valence-corrected chi connectivity index (χ2v) is 5.09. The van der Waals surface area contributed by atoms with Gasteiger partial charge in [0.2, 0.25) is 0 Å². The van der Waals surface area contributed by atoms with Crippen LogP contribution in [0.5, 0.6) is 0 Å². The molecule has 17 heavy (non-hydrogen) atoms. The molecular formula is C12H12ClFN2S. The first kappa shape index (κ1) is 12.3. The summed E-state index contributed by atoms with van der Waals surface area (Å²) < 4.78 is 13.1. The van der Waals surface area contributed by atoms with E-state index in [4.69, 9.17) is 11.6 Å². The number of thiazole rings is 1. The zero-order valence-corrected chi connectivity index (χ0v) is 11.1. The summed E-state index contributed by atoms with van der Waals surface area (Å²) in [5, 5.41) is 3.71. The number of rotatable bonds is 3. The van der Waals surface area contributed by atoms with E-state index in [1.54, 1.807) is 22.9 Å². The van der Waals surface area contributed by atoms with Crippen LogP contribution in [0.15, 0.2) is 23.7 Å². The molecule has 0 spiro atoms. The summed E-state index contributed by atoms with van der Waals surface area (Å²) in [5.74, 6) is -0.301. The van der Waals surface area contributed by atoms with Crippen molar-refractivity contribution in [2.45, 2.75) is 19.9 Å². The molecule has 0 bridgehead atoms. The van der Waals surface area contributed by atoms with Gasteiger partial charge in [-0.3, -0.25) is 0 Å². The number of aromatic nitrogens is 1. The molecule has 0 fully saturated rings. The molecule has 1 N–H and O–H groups in total. The zero-order chi connectivity index (χ0) is 12.4. The largest absolute Gasteiger partial charge is 0.376 e. The standard InChI is InChI=1S/C12H12ClFN2S/c1-7-12(17-6-15-7)8(2)16-11-5-9(14)3-4-10(11)13/h3-6,8,16H,1-2H3. The highest BCUT2D eigenvalue weighted by Gasteiger charge is 2.12. The normalized spacial score (nSPS) is 12.5. The Bertz CT molecular complexity index is 527. The van der Waals surface area contributed by atoms with Gasteiger partial charge in [0, 0.05) is 4.88 Å². The minimum atomic E-state index is -0.301. The molecule has 0 amide bonds. The van der Waals surface area contributed by atoms with Crippen molar-refractivity contribution < 1.29 is 4.39 Å². The smallest absolute Gasteiger partial charge is 0.125 e. The predicted octanol–water partition coefficient (Wildman–Crippen LogP) is 4.42. The van der Waals surface area contributed by atoms with Gasteiger partial charge < -0.3 is 5.32 Å². The lowest BCUT2D eigenvalue weighted by atomic mass is 10.2. The van der Waals surface area contributed by atoms with Crippen molar-refractivity contribution in [3.8, 4) is 0 Å². The first-order valence-electron chi connectivity index (χ1n) is 5.19. The van der Waals surface area contributed by atoms with Crippen LogP contribution in [0, 0.1) is 12.7 Å². The lowest BCUT2D eigenvalue weighted by molar-refractivity contribution is 0.628. The van der Waals surface area contributed by atoms with E-state index in [2.05, 4.69) is 10.3 Å². The van der Waals surface area contributed by atoms with Gasteiger partial charge in [0.15, 0.2) is 0 Å². The third kappa shape index (κ3) is 2.76. The first-order chi connectivity index (χ1) is 8.08. The average Bonchev–Trinajstić information content (AvgIpc) is 2.70. The van der Waals surface area contributed by atoms with Crippen LogP contribution >= 0.6 is 22.9 Å². The lowest BCUT2D eigenvalue weighted by Gasteiger charge is -2.15. The van der Waals surface area contributed by atoms with Crippen molar-refractivity contribution in [2.75, 3.05) is 5.32 Å². The van der Waals surface area contributed by atoms with Crippen LogP contribution < -0.4 is 5.32 Å². The molecular weight excluding hydrogens is 259 g/mol. The van der Waals surface area contributed by atoms with Gasteiger partial charge in [-0.25, -0.2) is 9.37 Å². The van der Waals surface area contributed by atoms with Crippen LogP contribution in [-0.2, 0) is 0 Å². The molecule has 2 rings (SSSR count). The molecule has 0 aliphatic carbocycles. The fourth-order valence-electron chi connectivity index (χ4n) is 1.63. The molecule has 0 saturated carbocycles. The number of benzene rings is 1. The Balaban J connectivity index is 2.21. The maximum atomic E-state index is 13.1. The predicted molar refractivity (Wildman–Crippen MR) is 70.3 cm³/mol. The van der Waals surface area contributed by atoms with E-state index in [0.29, 0.717) is 10.7 Å². The number of hydrogen-bond acceptors (Lipinski definition) is 3. The van der Waals surface area contributed by atoms with Crippen LogP contribution in [0.25, 0.3) is 0 Å². The van der Waals surface area contributed by atoms with E-state index in [-0.39, 0.29) is 11.9 Å². The maximum absolute atomic E-state index is 13.1. The Morgan fingerprint density at radius 2 is 2.24 bits per heavy atom. The summed E-state index contributed by atoms with van der Waals surface area (Å²) in [4.78, 5) is 5.32. The van der Waals surface area contributed by atoms with Crippen LogP contribution in [-0.4, -0.2) is 4.98 Å². The SMILES string of the molecule is Cc1ncsc1C(C)Nc1cc(F)ccc1Cl. The molecule has 1 aromatic carbocycles. The number of nitrogens with zero attached hydrogens (tertiary/aromatic N) is 1. The van der Waals surface area contributed by atoms with Crippen molar-refractivity contribution in [3.05, 3.63) is 45.1 Å². The van der Waals surface area contributed by atoms with E-state index in [1.807, 2.05) is 13.8 Å². The Hall–Kier alpha value is -1.13. The number of anilines is 1. The molecule has 5 heteroatoms. The van der Waals surface area contributed by atoms with Gasteiger partial charge in [0.1, 0.15) is 5.82 Å². The summed E-state index contributed by atoms with van der Waals surface area (Å²) in [6.07, 6.45) is 0. The first-order valence-corrected chi connectivity index (χ1v) is 6.45. The molecule has 1 unspecified atom stereocenters. The van der Waals surface area contributed by atoms with Gasteiger partial charge in [0.05, 0.1) is 28.0 Å². The van der Waals surface area contributed by atoms with Gasteiger partial charge >= 0.3 is 0 Å². The summed E-state index contributed by atoms with van der Waals surface area (Å²) in [6.45, 7) is 3.96. The fourth-order valence-corrected chi connectivity index (χ4v) is 2.62. The fraction of sp³-hybridized carbons (Fsp3) is 0.250. The minimum Gasteiger partial charge on any atom is -0.376 e. The molecule has 0 saturated heterocycles. The highest BCUT2D eigenvalue weighted by atomic mass is 35.5. The maximum Gasteiger partial charge on any atom is 0.125 e. The lowest BCUT2D eigenvalue weighted by Crippen LogP contribution is -2.07. The second kappa shape index (κ2) is 5.02. The van der Waals surface area contributed by atoms with E-state index in [1.165, 1.54) is 12.1 Å². The molecule has 1 heterocycles. The molecule has 1 aromatic heterocycles. The van der Waals surface area contributed by atoms with Gasteiger partial charge in [-0.15, -0.1) is 11.3 Å². The molecule has 0 radical (unpaired) electrons. The highest BCUT2D eigenvalue weighted by molar-refractivity contribution is 7.09. The van der Waals surface area contributed by atoms with Gasteiger partial charge in [0.25, 0.3) is 0 Å². The molecule has 0 aliphatic heterocycles. The Labute approximate surface area is 108 Å². The van der Waals surface area contributed by atoms with Crippen molar-refractivity contribution in [1.29, 1.82) is 0 Å². The van der Waals surface area contributed by atoms with Gasteiger partial charge in [-0.1, -0.05) is 11.6 Å². The van der Waals surface area contributed by atoms with E-state index >= 15 is 0 Å². The number of aryl methyl sites for hydroxylation is 1.